The van der Waals surface area contributed by atoms with E-state index in [1.807, 2.05) is 6.26 Å². The topological polar surface area (TPSA) is 17.1 Å². The zero-order valence-corrected chi connectivity index (χ0v) is 11.1. The molecule has 0 heterocycles. The molecule has 0 amide bonds. The Kier molecular flexibility index (Phi) is 5.73. The van der Waals surface area contributed by atoms with Gasteiger partial charge in [-0.1, -0.05) is 38.5 Å². The maximum atomic E-state index is 11.5. The van der Waals surface area contributed by atoms with E-state index in [1.165, 1.54) is 37.4 Å². The van der Waals surface area contributed by atoms with Crippen LogP contribution in [0.25, 0.3) is 0 Å². The van der Waals surface area contributed by atoms with E-state index in [-0.39, 0.29) is 0 Å². The Hall–Kier alpha value is 0.0200. The molecule has 1 aliphatic carbocycles. The van der Waals surface area contributed by atoms with Crippen LogP contribution in [-0.2, 0) is 4.79 Å². The number of carbonyl (C=O) groups is 1. The number of hydrogen-bond donors (Lipinski definition) is 0. The first kappa shape index (κ1) is 13.1. The van der Waals surface area contributed by atoms with E-state index in [0.717, 1.165) is 24.7 Å². The molecule has 0 aromatic rings. The first-order chi connectivity index (χ1) is 7.13. The van der Waals surface area contributed by atoms with E-state index in [1.54, 1.807) is 0 Å². The minimum atomic E-state index is 0.371. The lowest BCUT2D eigenvalue weighted by molar-refractivity contribution is -0.115. The third kappa shape index (κ3) is 4.58. The molecule has 2 heteroatoms. The summed E-state index contributed by atoms with van der Waals surface area (Å²) in [5, 5.41) is 0.414. The summed E-state index contributed by atoms with van der Waals surface area (Å²) in [6.45, 7) is 4.59. The van der Waals surface area contributed by atoms with Gasteiger partial charge in [0.25, 0.3) is 0 Å². The van der Waals surface area contributed by atoms with Crippen molar-refractivity contribution < 1.29 is 4.79 Å². The van der Waals surface area contributed by atoms with Gasteiger partial charge in [0.2, 0.25) is 0 Å². The summed E-state index contributed by atoms with van der Waals surface area (Å²) in [6, 6.07) is 0. The van der Waals surface area contributed by atoms with Crippen LogP contribution in [0.5, 0.6) is 0 Å². The molecule has 0 unspecified atom stereocenters. The van der Waals surface area contributed by atoms with Crippen LogP contribution in [-0.4, -0.2) is 11.4 Å². The van der Waals surface area contributed by atoms with E-state index in [2.05, 4.69) is 13.8 Å². The molecule has 0 aromatic carbocycles. The molecule has 0 bridgehead atoms. The van der Waals surface area contributed by atoms with Gasteiger partial charge in [-0.15, -0.1) is 0 Å². The van der Waals surface area contributed by atoms with E-state index in [4.69, 9.17) is 0 Å². The molecule has 0 aliphatic heterocycles. The van der Waals surface area contributed by atoms with Gasteiger partial charge in [0.05, 0.1) is 0 Å². The first-order valence-electron chi connectivity index (χ1n) is 6.21. The molecule has 0 spiro atoms. The van der Waals surface area contributed by atoms with E-state index >= 15 is 0 Å². The van der Waals surface area contributed by atoms with Gasteiger partial charge in [-0.2, -0.15) is 0 Å². The largest absolute Gasteiger partial charge is 0.287 e. The van der Waals surface area contributed by atoms with Gasteiger partial charge in [-0.25, -0.2) is 0 Å². The van der Waals surface area contributed by atoms with Gasteiger partial charge in [0.1, 0.15) is 0 Å². The molecule has 15 heavy (non-hydrogen) atoms. The highest BCUT2D eigenvalue weighted by atomic mass is 32.2. The second-order valence-electron chi connectivity index (χ2n) is 5.21. The summed E-state index contributed by atoms with van der Waals surface area (Å²) in [7, 11) is 0. The molecular formula is C13H24OS. The van der Waals surface area contributed by atoms with Gasteiger partial charge in [0, 0.05) is 5.92 Å². The summed E-state index contributed by atoms with van der Waals surface area (Å²) < 4.78 is 0. The third-order valence-corrected chi connectivity index (χ3v) is 4.27. The molecule has 0 saturated heterocycles. The van der Waals surface area contributed by atoms with Crippen molar-refractivity contribution in [2.75, 3.05) is 6.26 Å². The molecule has 0 N–H and O–H groups in total. The Balaban J connectivity index is 2.21. The Labute approximate surface area is 98.4 Å². The molecule has 88 valence electrons. The number of rotatable bonds is 4. The van der Waals surface area contributed by atoms with Gasteiger partial charge in [-0.3, -0.25) is 4.79 Å². The van der Waals surface area contributed by atoms with E-state index < -0.39 is 0 Å². The van der Waals surface area contributed by atoms with Crippen LogP contribution in [0.1, 0.15) is 52.4 Å². The van der Waals surface area contributed by atoms with Gasteiger partial charge < -0.3 is 0 Å². The third-order valence-electron chi connectivity index (χ3n) is 3.53. The first-order valence-corrected chi connectivity index (χ1v) is 7.43. The highest BCUT2D eigenvalue weighted by molar-refractivity contribution is 8.13. The molecule has 1 aliphatic rings. The van der Waals surface area contributed by atoms with Crippen LogP contribution in [0.15, 0.2) is 0 Å². The Bertz CT molecular complexity index is 193. The fourth-order valence-corrected chi connectivity index (χ4v) is 2.99. The minimum Gasteiger partial charge on any atom is -0.287 e. The van der Waals surface area contributed by atoms with Crippen LogP contribution < -0.4 is 0 Å². The van der Waals surface area contributed by atoms with Gasteiger partial charge in [-0.05, 0) is 43.8 Å². The Morgan fingerprint density at radius 3 is 2.33 bits per heavy atom. The van der Waals surface area contributed by atoms with Crippen molar-refractivity contribution in [3.63, 3.8) is 0 Å². The SMILES string of the molecule is CSC(=O)[C@H]1CC[C@H](CCC(C)C)CC1. The molecule has 1 nitrogen and oxygen atoms in total. The van der Waals surface area contributed by atoms with Crippen molar-refractivity contribution in [3.05, 3.63) is 0 Å². The highest BCUT2D eigenvalue weighted by Crippen LogP contribution is 2.34. The number of hydrogen-bond acceptors (Lipinski definition) is 2. The summed E-state index contributed by atoms with van der Waals surface area (Å²) in [5.74, 6) is 2.10. The van der Waals surface area contributed by atoms with Crippen LogP contribution in [0, 0.1) is 17.8 Å². The van der Waals surface area contributed by atoms with Crippen molar-refractivity contribution in [2.45, 2.75) is 52.4 Å². The van der Waals surface area contributed by atoms with E-state index in [0.29, 0.717) is 11.0 Å². The minimum absolute atomic E-state index is 0.371. The second-order valence-corrected chi connectivity index (χ2v) is 6.02. The zero-order chi connectivity index (χ0) is 11.3. The predicted octanol–water partition coefficient (Wildman–Crippen LogP) is 4.12. The van der Waals surface area contributed by atoms with Crippen LogP contribution in [0.2, 0.25) is 0 Å². The smallest absolute Gasteiger partial charge is 0.191 e. The molecule has 1 rings (SSSR count). The lowest BCUT2D eigenvalue weighted by Gasteiger charge is -2.27. The lowest BCUT2D eigenvalue weighted by Crippen LogP contribution is -2.20. The van der Waals surface area contributed by atoms with Crippen molar-refractivity contribution in [3.8, 4) is 0 Å². The van der Waals surface area contributed by atoms with Crippen molar-refractivity contribution in [2.24, 2.45) is 17.8 Å². The van der Waals surface area contributed by atoms with E-state index in [9.17, 15) is 4.79 Å². The molecule has 1 fully saturated rings. The average molecular weight is 228 g/mol. The quantitative estimate of drug-likeness (QED) is 0.720. The monoisotopic (exact) mass is 228 g/mol. The highest BCUT2D eigenvalue weighted by Gasteiger charge is 2.25. The van der Waals surface area contributed by atoms with Gasteiger partial charge >= 0.3 is 0 Å². The second kappa shape index (κ2) is 6.57. The lowest BCUT2D eigenvalue weighted by atomic mass is 9.80. The summed E-state index contributed by atoms with van der Waals surface area (Å²) in [6.07, 6.45) is 9.48. The molecular weight excluding hydrogens is 204 g/mol. The van der Waals surface area contributed by atoms with Crippen LogP contribution in [0.3, 0.4) is 0 Å². The normalized spacial score (nSPS) is 26.9. The molecule has 0 atom stereocenters. The summed E-state index contributed by atoms with van der Waals surface area (Å²) >= 11 is 1.41. The fraction of sp³-hybridized carbons (Fsp3) is 0.923. The average Bonchev–Trinajstić information content (AvgIpc) is 2.26. The van der Waals surface area contributed by atoms with Crippen LogP contribution in [0.4, 0.5) is 0 Å². The molecule has 0 aromatic heterocycles. The summed E-state index contributed by atoms with van der Waals surface area (Å²) in [4.78, 5) is 11.5. The van der Waals surface area contributed by atoms with Gasteiger partial charge in [0.15, 0.2) is 5.12 Å². The zero-order valence-electron chi connectivity index (χ0n) is 10.3. The number of carbonyl (C=O) groups excluding carboxylic acids is 1. The summed E-state index contributed by atoms with van der Waals surface area (Å²) in [5.41, 5.74) is 0. The maximum absolute atomic E-state index is 11.5. The Morgan fingerprint density at radius 1 is 1.27 bits per heavy atom. The maximum Gasteiger partial charge on any atom is 0.191 e. The fourth-order valence-electron chi connectivity index (χ4n) is 2.42. The molecule has 1 saturated carbocycles. The standard InChI is InChI=1S/C13H24OS/c1-10(2)4-5-11-6-8-12(9-7-11)13(14)15-3/h10-12H,4-9H2,1-3H3/t11-,12-. The predicted molar refractivity (Wildman–Crippen MR) is 68.0 cm³/mol. The Morgan fingerprint density at radius 2 is 1.87 bits per heavy atom. The number of thioether (sulfide) groups is 1. The van der Waals surface area contributed by atoms with Crippen molar-refractivity contribution in [1.82, 2.24) is 0 Å². The van der Waals surface area contributed by atoms with Crippen LogP contribution >= 0.6 is 11.8 Å². The van der Waals surface area contributed by atoms with Crippen molar-refractivity contribution in [1.29, 1.82) is 0 Å². The van der Waals surface area contributed by atoms with Crippen molar-refractivity contribution >= 4 is 16.9 Å². The molecule has 0 radical (unpaired) electrons.